The Kier molecular flexibility index (Phi) is 13.4. The summed E-state index contributed by atoms with van der Waals surface area (Å²) in [6.07, 6.45) is 15.9. The zero-order chi connectivity index (χ0) is 18.2. The van der Waals surface area contributed by atoms with Crippen LogP contribution in [0.4, 0.5) is 0 Å². The Balaban J connectivity index is 1.93. The molecule has 1 amide bonds. The summed E-state index contributed by atoms with van der Waals surface area (Å²) in [5, 5.41) is 3.08. The van der Waals surface area contributed by atoms with E-state index in [1.54, 1.807) is 0 Å². The van der Waals surface area contributed by atoms with E-state index in [0.717, 1.165) is 39.0 Å². The van der Waals surface area contributed by atoms with E-state index < -0.39 is 0 Å². The van der Waals surface area contributed by atoms with Crippen LogP contribution in [0.3, 0.4) is 0 Å². The number of nitrogens with one attached hydrogen (secondary N) is 1. The first-order valence-corrected chi connectivity index (χ1v) is 10.8. The summed E-state index contributed by atoms with van der Waals surface area (Å²) >= 11 is 0. The molecule has 0 saturated carbocycles. The second-order valence-corrected chi connectivity index (χ2v) is 7.32. The van der Waals surface area contributed by atoms with Crippen molar-refractivity contribution in [2.45, 2.75) is 97.3 Å². The van der Waals surface area contributed by atoms with Crippen molar-refractivity contribution in [2.75, 3.05) is 26.2 Å². The molecule has 0 unspecified atom stereocenters. The molecule has 25 heavy (non-hydrogen) atoms. The molecule has 0 bridgehead atoms. The second kappa shape index (κ2) is 15.2. The molecule has 1 aliphatic rings. The van der Waals surface area contributed by atoms with Crippen LogP contribution in [-0.4, -0.2) is 42.8 Å². The lowest BCUT2D eigenvalue weighted by Gasteiger charge is -2.20. The van der Waals surface area contributed by atoms with Crippen LogP contribution in [0.15, 0.2) is 4.99 Å². The number of carbonyl (C=O) groups is 1. The number of aliphatic imine (C=N–C) groups is 1. The van der Waals surface area contributed by atoms with Gasteiger partial charge in [-0.2, -0.15) is 0 Å². The maximum atomic E-state index is 11.9. The third-order valence-electron chi connectivity index (χ3n) is 4.99. The molecule has 1 aliphatic heterocycles. The van der Waals surface area contributed by atoms with Crippen LogP contribution in [0.25, 0.3) is 0 Å². The zero-order valence-corrected chi connectivity index (χ0v) is 16.8. The lowest BCUT2D eigenvalue weighted by atomic mass is 10.1. The van der Waals surface area contributed by atoms with Crippen LogP contribution in [0.5, 0.6) is 0 Å². The van der Waals surface area contributed by atoms with Crippen molar-refractivity contribution >= 4 is 11.7 Å². The van der Waals surface area contributed by atoms with Gasteiger partial charge in [0.25, 0.3) is 0 Å². The van der Waals surface area contributed by atoms with Crippen molar-refractivity contribution in [1.29, 1.82) is 0 Å². The minimum Gasteiger partial charge on any atom is -0.357 e. The molecular weight excluding hydrogens is 310 g/mol. The molecule has 0 fully saturated rings. The molecule has 1 heterocycles. The van der Waals surface area contributed by atoms with Crippen molar-refractivity contribution in [3.05, 3.63) is 0 Å². The lowest BCUT2D eigenvalue weighted by molar-refractivity contribution is -0.121. The highest BCUT2D eigenvalue weighted by Crippen LogP contribution is 2.10. The summed E-state index contributed by atoms with van der Waals surface area (Å²) in [5.41, 5.74) is 0. The van der Waals surface area contributed by atoms with Gasteiger partial charge in [0.05, 0.1) is 12.4 Å². The second-order valence-electron chi connectivity index (χ2n) is 7.32. The first-order chi connectivity index (χ1) is 12.3. The third-order valence-corrected chi connectivity index (χ3v) is 4.99. The Morgan fingerprint density at radius 1 is 0.960 bits per heavy atom. The van der Waals surface area contributed by atoms with Crippen molar-refractivity contribution in [3.8, 4) is 0 Å². The summed E-state index contributed by atoms with van der Waals surface area (Å²) < 4.78 is 0. The third kappa shape index (κ3) is 11.2. The summed E-state index contributed by atoms with van der Waals surface area (Å²) in [7, 11) is 0. The van der Waals surface area contributed by atoms with Crippen LogP contribution in [0, 0.1) is 0 Å². The Labute approximate surface area is 155 Å². The largest absolute Gasteiger partial charge is 0.357 e. The van der Waals surface area contributed by atoms with Gasteiger partial charge in [-0.15, -0.1) is 0 Å². The maximum Gasteiger partial charge on any atom is 0.220 e. The zero-order valence-electron chi connectivity index (χ0n) is 16.8. The molecule has 4 nitrogen and oxygen atoms in total. The average molecular weight is 352 g/mol. The van der Waals surface area contributed by atoms with E-state index in [1.807, 2.05) is 0 Å². The molecule has 0 aromatic carbocycles. The predicted molar refractivity (Wildman–Crippen MR) is 108 cm³/mol. The fourth-order valence-corrected chi connectivity index (χ4v) is 3.36. The SMILES string of the molecule is CCCCCCCCCCCC(=O)NCCN1CCN=C1CCCC. The molecule has 0 aromatic heterocycles. The first kappa shape index (κ1) is 22.0. The lowest BCUT2D eigenvalue weighted by Crippen LogP contribution is -2.36. The molecular formula is C21H41N3O. The molecule has 1 rings (SSSR count). The van der Waals surface area contributed by atoms with E-state index >= 15 is 0 Å². The number of unbranched alkanes of at least 4 members (excludes halogenated alkanes) is 9. The van der Waals surface area contributed by atoms with Crippen molar-refractivity contribution in [2.24, 2.45) is 4.99 Å². The van der Waals surface area contributed by atoms with Crippen LogP contribution < -0.4 is 5.32 Å². The van der Waals surface area contributed by atoms with E-state index in [1.165, 1.54) is 70.0 Å². The van der Waals surface area contributed by atoms with Gasteiger partial charge >= 0.3 is 0 Å². The number of amides is 1. The quantitative estimate of drug-likeness (QED) is 0.401. The van der Waals surface area contributed by atoms with E-state index in [0.29, 0.717) is 6.42 Å². The molecule has 4 heteroatoms. The number of rotatable bonds is 16. The molecule has 0 saturated heterocycles. The minimum absolute atomic E-state index is 0.217. The summed E-state index contributed by atoms with van der Waals surface area (Å²) in [4.78, 5) is 18.8. The average Bonchev–Trinajstić information content (AvgIpc) is 3.06. The van der Waals surface area contributed by atoms with Crippen molar-refractivity contribution in [3.63, 3.8) is 0 Å². The van der Waals surface area contributed by atoms with Gasteiger partial charge in [-0.05, 0) is 12.8 Å². The van der Waals surface area contributed by atoms with Crippen molar-refractivity contribution < 1.29 is 4.79 Å². The van der Waals surface area contributed by atoms with Gasteiger partial charge in [0, 0.05) is 32.5 Å². The van der Waals surface area contributed by atoms with Gasteiger partial charge in [-0.1, -0.05) is 71.6 Å². The fraction of sp³-hybridized carbons (Fsp3) is 0.905. The van der Waals surface area contributed by atoms with E-state index in [9.17, 15) is 4.79 Å². The predicted octanol–water partition coefficient (Wildman–Crippen LogP) is 4.93. The molecule has 146 valence electrons. The maximum absolute atomic E-state index is 11.9. The summed E-state index contributed by atoms with van der Waals surface area (Å²) in [6.45, 7) is 8.08. The van der Waals surface area contributed by atoms with Gasteiger partial charge < -0.3 is 10.2 Å². The van der Waals surface area contributed by atoms with Gasteiger partial charge in [-0.25, -0.2) is 0 Å². The highest BCUT2D eigenvalue weighted by molar-refractivity contribution is 5.83. The Morgan fingerprint density at radius 3 is 2.28 bits per heavy atom. The number of hydrogen-bond donors (Lipinski definition) is 1. The summed E-state index contributed by atoms with van der Waals surface area (Å²) in [5.74, 6) is 1.46. The first-order valence-electron chi connectivity index (χ1n) is 10.8. The van der Waals surface area contributed by atoms with Gasteiger partial charge in [0.1, 0.15) is 0 Å². The van der Waals surface area contributed by atoms with Crippen LogP contribution in [0.2, 0.25) is 0 Å². The normalized spacial score (nSPS) is 14.0. The molecule has 0 atom stereocenters. The topological polar surface area (TPSA) is 44.7 Å². The molecule has 1 N–H and O–H groups in total. The van der Waals surface area contributed by atoms with Crippen molar-refractivity contribution in [1.82, 2.24) is 10.2 Å². The molecule has 0 spiro atoms. The smallest absolute Gasteiger partial charge is 0.220 e. The molecule has 0 radical (unpaired) electrons. The van der Waals surface area contributed by atoms with E-state index in [-0.39, 0.29) is 5.91 Å². The number of amidine groups is 1. The van der Waals surface area contributed by atoms with E-state index in [2.05, 4.69) is 29.1 Å². The Morgan fingerprint density at radius 2 is 1.60 bits per heavy atom. The Hall–Kier alpha value is -1.06. The van der Waals surface area contributed by atoms with Crippen LogP contribution in [0.1, 0.15) is 97.3 Å². The minimum atomic E-state index is 0.217. The Bertz CT molecular complexity index is 368. The standard InChI is InChI=1S/C21H41N3O/c1-3-5-7-8-9-10-11-12-13-15-21(25)23-17-19-24-18-16-22-20(24)14-6-4-2/h3-19H2,1-2H3,(H,23,25). The fourth-order valence-electron chi connectivity index (χ4n) is 3.36. The number of nitrogens with zero attached hydrogens (tertiary/aromatic N) is 2. The van der Waals surface area contributed by atoms with Gasteiger partial charge in [0.15, 0.2) is 0 Å². The summed E-state index contributed by atoms with van der Waals surface area (Å²) in [6, 6.07) is 0. The van der Waals surface area contributed by atoms with E-state index in [4.69, 9.17) is 0 Å². The van der Waals surface area contributed by atoms with Gasteiger partial charge in [-0.3, -0.25) is 9.79 Å². The highest BCUT2D eigenvalue weighted by Gasteiger charge is 2.15. The number of hydrogen-bond acceptors (Lipinski definition) is 3. The van der Waals surface area contributed by atoms with Gasteiger partial charge in [0.2, 0.25) is 5.91 Å². The highest BCUT2D eigenvalue weighted by atomic mass is 16.1. The molecule has 0 aromatic rings. The molecule has 0 aliphatic carbocycles. The number of carbonyl (C=O) groups excluding carboxylic acids is 1. The van der Waals surface area contributed by atoms with Crippen LogP contribution in [-0.2, 0) is 4.79 Å². The van der Waals surface area contributed by atoms with Crippen LogP contribution >= 0.6 is 0 Å². The monoisotopic (exact) mass is 351 g/mol.